The van der Waals surface area contributed by atoms with E-state index in [2.05, 4.69) is 53.3 Å². The van der Waals surface area contributed by atoms with Crippen molar-refractivity contribution in [3.63, 3.8) is 0 Å². The molecule has 3 unspecified atom stereocenters. The number of aryl methyl sites for hydroxylation is 1. The van der Waals surface area contributed by atoms with Crippen LogP contribution in [0.1, 0.15) is 47.6 Å². The van der Waals surface area contributed by atoms with Crippen LogP contribution in [0.15, 0.2) is 44.8 Å². The molecule has 1 heterocycles. The van der Waals surface area contributed by atoms with E-state index in [4.69, 9.17) is 8.39 Å². The maximum Gasteiger partial charge on any atom is 0.309 e. The van der Waals surface area contributed by atoms with Gasteiger partial charge in [0.1, 0.15) is 11.3 Å². The number of hydrogen-bond acceptors (Lipinski definition) is 3. The van der Waals surface area contributed by atoms with Gasteiger partial charge in [-0.25, -0.2) is 4.67 Å². The van der Waals surface area contributed by atoms with Gasteiger partial charge < -0.3 is 8.39 Å². The standard InChI is InChI=1S/C22H24NO2P/c1-23(2)26-24-19-13-11-15-7-3-5-9-17(15)21(19)22-18-10-6-4-8-16(18)12-14-20(22)25-26/h3-5,8,11-15,17H,6-7,9-10H2,1-2H3. The predicted molar refractivity (Wildman–Crippen MR) is 110 cm³/mol. The molecule has 0 aliphatic heterocycles. The summed E-state index contributed by atoms with van der Waals surface area (Å²) in [5.74, 6) is 2.06. The molecule has 0 saturated carbocycles. The Hall–Kier alpha value is -1.96. The third kappa shape index (κ3) is 2.53. The largest absolute Gasteiger partial charge is 0.408 e. The van der Waals surface area contributed by atoms with Crippen LogP contribution < -0.4 is 4.67 Å². The lowest BCUT2D eigenvalue weighted by Crippen LogP contribution is -2.17. The predicted octanol–water partition coefficient (Wildman–Crippen LogP) is 6.37. The van der Waals surface area contributed by atoms with Crippen molar-refractivity contribution in [3.8, 4) is 0 Å². The Morgan fingerprint density at radius 2 is 1.92 bits per heavy atom. The molecule has 2 aromatic rings. The van der Waals surface area contributed by atoms with E-state index in [1.54, 1.807) is 0 Å². The van der Waals surface area contributed by atoms with Gasteiger partial charge in [0.25, 0.3) is 0 Å². The first kappa shape index (κ1) is 16.2. The highest BCUT2D eigenvalue weighted by atomic mass is 31.1. The highest BCUT2D eigenvalue weighted by Crippen LogP contribution is 2.47. The van der Waals surface area contributed by atoms with Crippen molar-refractivity contribution in [2.75, 3.05) is 18.8 Å². The topological polar surface area (TPSA) is 29.5 Å². The van der Waals surface area contributed by atoms with Crippen LogP contribution in [0.4, 0.5) is 0 Å². The van der Waals surface area contributed by atoms with Crippen LogP contribution in [-0.4, -0.2) is 14.1 Å². The first-order valence-corrected chi connectivity index (χ1v) is 10.6. The van der Waals surface area contributed by atoms with Crippen molar-refractivity contribution in [1.82, 2.24) is 0 Å². The maximum atomic E-state index is 6.42. The van der Waals surface area contributed by atoms with Gasteiger partial charge in [-0.15, -0.1) is 0 Å². The molecule has 26 heavy (non-hydrogen) atoms. The summed E-state index contributed by atoms with van der Waals surface area (Å²) in [6, 6.07) is 4.35. The number of allylic oxidation sites excluding steroid dienone is 4. The average molecular weight is 365 g/mol. The van der Waals surface area contributed by atoms with E-state index in [-0.39, 0.29) is 0 Å². The van der Waals surface area contributed by atoms with Gasteiger partial charge in [0.15, 0.2) is 0 Å². The van der Waals surface area contributed by atoms with E-state index in [0.717, 1.165) is 37.0 Å². The van der Waals surface area contributed by atoms with Crippen molar-refractivity contribution in [2.24, 2.45) is 5.92 Å². The van der Waals surface area contributed by atoms with Gasteiger partial charge in [-0.1, -0.05) is 36.4 Å². The lowest BCUT2D eigenvalue weighted by atomic mass is 9.73. The van der Waals surface area contributed by atoms with Gasteiger partial charge in [0.2, 0.25) is 0 Å². The van der Waals surface area contributed by atoms with Gasteiger partial charge in [-0.3, -0.25) is 0 Å². The highest BCUT2D eigenvalue weighted by Gasteiger charge is 2.31. The van der Waals surface area contributed by atoms with Crippen molar-refractivity contribution >= 4 is 31.3 Å². The Labute approximate surface area is 155 Å². The molecule has 0 amide bonds. The fourth-order valence-electron chi connectivity index (χ4n) is 4.48. The zero-order valence-corrected chi connectivity index (χ0v) is 16.2. The molecule has 3 atom stereocenters. The quantitative estimate of drug-likeness (QED) is 0.550. The summed E-state index contributed by atoms with van der Waals surface area (Å²) in [6.45, 7) is 0. The SMILES string of the molecule is CN(C)p1oc2c(c3c4c(ccc3o1)C=CCC4)C1CC=CCC1C=C2. The zero-order chi connectivity index (χ0) is 17.7. The van der Waals surface area contributed by atoms with Gasteiger partial charge in [-0.2, -0.15) is 0 Å². The van der Waals surface area contributed by atoms with Gasteiger partial charge in [0, 0.05) is 25.0 Å². The Morgan fingerprint density at radius 1 is 1.04 bits per heavy atom. The van der Waals surface area contributed by atoms with Gasteiger partial charge in [-0.05, 0) is 60.8 Å². The second-order valence-corrected chi connectivity index (χ2v) is 9.21. The molecular formula is C22H24NO2P. The van der Waals surface area contributed by atoms with Crippen LogP contribution >= 0.6 is 8.16 Å². The minimum atomic E-state index is -1.14. The molecule has 134 valence electrons. The van der Waals surface area contributed by atoms with Gasteiger partial charge in [0.05, 0.1) is 0 Å². The molecule has 0 spiro atoms. The molecule has 3 aliphatic rings. The first-order chi connectivity index (χ1) is 12.7. The fourth-order valence-corrected chi connectivity index (χ4v) is 5.49. The Kier molecular flexibility index (Phi) is 3.95. The molecule has 4 heteroatoms. The lowest BCUT2D eigenvalue weighted by molar-refractivity contribution is 0.477. The highest BCUT2D eigenvalue weighted by molar-refractivity contribution is 7.38. The van der Waals surface area contributed by atoms with Crippen LogP contribution in [-0.2, 0) is 6.42 Å². The minimum Gasteiger partial charge on any atom is -0.408 e. The van der Waals surface area contributed by atoms with Crippen LogP contribution in [0.3, 0.4) is 0 Å². The summed E-state index contributed by atoms with van der Waals surface area (Å²) in [6.07, 6.45) is 18.1. The Bertz CT molecular complexity index is 997. The van der Waals surface area contributed by atoms with E-state index >= 15 is 0 Å². The Balaban J connectivity index is 1.92. The number of benzene rings is 1. The van der Waals surface area contributed by atoms with E-state index in [9.17, 15) is 0 Å². The molecule has 5 rings (SSSR count). The number of rotatable bonds is 1. The third-order valence-corrected chi connectivity index (χ3v) is 7.09. The molecular weight excluding hydrogens is 341 g/mol. The van der Waals surface area contributed by atoms with Crippen molar-refractivity contribution < 1.29 is 8.39 Å². The monoisotopic (exact) mass is 365 g/mol. The summed E-state index contributed by atoms with van der Waals surface area (Å²) >= 11 is 0. The van der Waals surface area contributed by atoms with Crippen LogP contribution in [0.5, 0.6) is 0 Å². The number of hydrogen-bond donors (Lipinski definition) is 0. The molecule has 1 aromatic carbocycles. The summed E-state index contributed by atoms with van der Waals surface area (Å²) in [5.41, 5.74) is 5.13. The third-order valence-electron chi connectivity index (χ3n) is 5.73. The number of fused-ring (bicyclic) bond motifs is 7. The first-order valence-electron chi connectivity index (χ1n) is 9.46. The number of nitrogens with zero attached hydrogens (tertiary/aromatic N) is 1. The maximum absolute atomic E-state index is 6.42. The van der Waals surface area contributed by atoms with E-state index in [1.807, 2.05) is 14.1 Å². The van der Waals surface area contributed by atoms with E-state index < -0.39 is 8.16 Å². The molecule has 0 fully saturated rings. The molecule has 0 saturated heterocycles. The summed E-state index contributed by atoms with van der Waals surface area (Å²) in [7, 11) is 2.91. The fraction of sp³-hybridized carbons (Fsp3) is 0.364. The average Bonchev–Trinajstić information content (AvgIpc) is 2.85. The van der Waals surface area contributed by atoms with Crippen molar-refractivity contribution in [3.05, 3.63) is 58.9 Å². The molecule has 3 aliphatic carbocycles. The van der Waals surface area contributed by atoms with Crippen LogP contribution in [0.25, 0.3) is 23.1 Å². The second kappa shape index (κ2) is 6.33. The van der Waals surface area contributed by atoms with Crippen LogP contribution in [0.2, 0.25) is 0 Å². The summed E-state index contributed by atoms with van der Waals surface area (Å²) in [4.78, 5) is 0. The smallest absolute Gasteiger partial charge is 0.309 e. The van der Waals surface area contributed by atoms with Crippen molar-refractivity contribution in [2.45, 2.75) is 31.6 Å². The zero-order valence-electron chi connectivity index (χ0n) is 15.3. The van der Waals surface area contributed by atoms with Gasteiger partial charge >= 0.3 is 8.16 Å². The molecule has 3 nitrogen and oxygen atoms in total. The molecule has 1 aromatic heterocycles. The molecule has 0 radical (unpaired) electrons. The minimum absolute atomic E-state index is 0.483. The second-order valence-electron chi connectivity index (χ2n) is 7.57. The normalized spacial score (nSPS) is 23.7. The molecule has 0 bridgehead atoms. The van der Waals surface area contributed by atoms with Crippen LogP contribution in [0, 0.1) is 5.92 Å². The summed E-state index contributed by atoms with van der Waals surface area (Å²) < 4.78 is 14.9. The molecule has 0 N–H and O–H groups in total. The Morgan fingerprint density at radius 3 is 2.81 bits per heavy atom. The van der Waals surface area contributed by atoms with Crippen molar-refractivity contribution in [1.29, 1.82) is 0 Å². The lowest BCUT2D eigenvalue weighted by Gasteiger charge is -2.30. The van der Waals surface area contributed by atoms with E-state index in [1.165, 1.54) is 22.1 Å². The van der Waals surface area contributed by atoms with E-state index in [0.29, 0.717) is 11.8 Å². The summed E-state index contributed by atoms with van der Waals surface area (Å²) in [5, 5.41) is 1.31.